The number of hydrogen-bond donors (Lipinski definition) is 0. The molecule has 0 aromatic carbocycles. The van der Waals surface area contributed by atoms with Crippen LogP contribution in [0.1, 0.15) is 29.8 Å². The Labute approximate surface area is 136 Å². The lowest BCUT2D eigenvalue weighted by Gasteiger charge is -2.25. The molecule has 2 aromatic heterocycles. The number of halogens is 2. The maximum Gasteiger partial charge on any atom is 0.360 e. The molecule has 9 heteroatoms. The maximum absolute atomic E-state index is 11.8. The smallest absolute Gasteiger partial charge is 0.360 e. The number of nitrogens with zero attached hydrogens (tertiary/aromatic N) is 4. The van der Waals surface area contributed by atoms with Gasteiger partial charge in [-0.25, -0.2) is 14.8 Å². The van der Waals surface area contributed by atoms with Crippen LogP contribution in [0.25, 0.3) is 11.0 Å². The van der Waals surface area contributed by atoms with E-state index in [1.165, 1.54) is 13.5 Å². The Kier molecular flexibility index (Phi) is 4.46. The van der Waals surface area contributed by atoms with Crippen LogP contribution in [0.4, 0.5) is 0 Å². The minimum Gasteiger partial charge on any atom is -0.464 e. The van der Waals surface area contributed by atoms with Crippen molar-refractivity contribution in [2.45, 2.75) is 31.9 Å². The summed E-state index contributed by atoms with van der Waals surface area (Å²) in [5.74, 6) is -0.602. The van der Waals surface area contributed by atoms with Crippen molar-refractivity contribution in [2.75, 3.05) is 13.7 Å². The molecule has 0 aliphatic heterocycles. The summed E-state index contributed by atoms with van der Waals surface area (Å²) in [6.45, 7) is 0.912. The van der Waals surface area contributed by atoms with Crippen molar-refractivity contribution in [3.8, 4) is 0 Å². The molecule has 0 atom stereocenters. The molecular formula is C13H14Cl2N4O3. The number of esters is 1. The fourth-order valence-corrected chi connectivity index (χ4v) is 2.73. The lowest BCUT2D eigenvalue weighted by molar-refractivity contribution is -0.00204. The van der Waals surface area contributed by atoms with Crippen LogP contribution in [0.5, 0.6) is 0 Å². The molecule has 0 radical (unpaired) electrons. The van der Waals surface area contributed by atoms with E-state index < -0.39 is 5.97 Å². The van der Waals surface area contributed by atoms with Gasteiger partial charge in [0.1, 0.15) is 11.0 Å². The van der Waals surface area contributed by atoms with Gasteiger partial charge in [-0.1, -0.05) is 11.6 Å². The van der Waals surface area contributed by atoms with E-state index >= 15 is 0 Å². The van der Waals surface area contributed by atoms with Gasteiger partial charge < -0.3 is 9.47 Å². The van der Waals surface area contributed by atoms with Gasteiger partial charge in [0.15, 0.2) is 10.8 Å². The number of methoxy groups -OCH3 is 1. The zero-order chi connectivity index (χ0) is 15.7. The first-order valence-corrected chi connectivity index (χ1v) is 7.65. The molecular weight excluding hydrogens is 331 g/mol. The molecule has 0 saturated heterocycles. The molecule has 1 saturated carbocycles. The van der Waals surface area contributed by atoms with Crippen LogP contribution < -0.4 is 0 Å². The molecule has 1 aliphatic carbocycles. The van der Waals surface area contributed by atoms with Crippen molar-refractivity contribution >= 4 is 40.2 Å². The highest BCUT2D eigenvalue weighted by atomic mass is 35.5. The summed E-state index contributed by atoms with van der Waals surface area (Å²) in [6, 6.07) is 0. The van der Waals surface area contributed by atoms with Gasteiger partial charge in [0.2, 0.25) is 5.28 Å². The van der Waals surface area contributed by atoms with E-state index in [9.17, 15) is 4.79 Å². The topological polar surface area (TPSA) is 79.1 Å². The SMILES string of the molecule is COC(=O)c1nn(CCOC2CCC2)c2c(Cl)nc(Cl)nc12. The van der Waals surface area contributed by atoms with Gasteiger partial charge in [-0.2, -0.15) is 5.10 Å². The normalized spacial score (nSPS) is 15.0. The van der Waals surface area contributed by atoms with E-state index in [0.717, 1.165) is 12.8 Å². The van der Waals surface area contributed by atoms with Crippen LogP contribution in [-0.2, 0) is 16.0 Å². The highest BCUT2D eigenvalue weighted by molar-refractivity contribution is 6.35. The van der Waals surface area contributed by atoms with Crippen molar-refractivity contribution in [3.05, 3.63) is 16.1 Å². The van der Waals surface area contributed by atoms with Crippen LogP contribution in [-0.4, -0.2) is 45.5 Å². The predicted octanol–water partition coefficient (Wildman–Crippen LogP) is 2.49. The molecule has 1 aliphatic rings. The maximum atomic E-state index is 11.8. The van der Waals surface area contributed by atoms with Gasteiger partial charge in [-0.05, 0) is 30.9 Å². The molecule has 0 N–H and O–H groups in total. The van der Waals surface area contributed by atoms with Crippen molar-refractivity contribution in [2.24, 2.45) is 0 Å². The van der Waals surface area contributed by atoms with E-state index in [-0.39, 0.29) is 21.6 Å². The number of carbonyl (C=O) groups is 1. The molecule has 2 aromatic rings. The standard InChI is InChI=1S/C13H14Cl2N4O3/c1-21-12(20)9-8-10(11(14)17-13(15)16-8)19(18-9)5-6-22-7-3-2-4-7/h7H,2-6H2,1H3. The van der Waals surface area contributed by atoms with Crippen molar-refractivity contribution < 1.29 is 14.3 Å². The number of aromatic nitrogens is 4. The summed E-state index contributed by atoms with van der Waals surface area (Å²) in [7, 11) is 1.28. The fraction of sp³-hybridized carbons (Fsp3) is 0.538. The molecule has 2 heterocycles. The minimum absolute atomic E-state index is 0.0482. The zero-order valence-corrected chi connectivity index (χ0v) is 13.4. The van der Waals surface area contributed by atoms with Gasteiger partial charge in [-0.3, -0.25) is 4.68 Å². The van der Waals surface area contributed by atoms with E-state index in [1.807, 2.05) is 0 Å². The Morgan fingerprint density at radius 1 is 1.36 bits per heavy atom. The van der Waals surface area contributed by atoms with Gasteiger partial charge in [0.05, 0.1) is 26.4 Å². The number of carbonyl (C=O) groups excluding carboxylic acids is 1. The average Bonchev–Trinajstić information content (AvgIpc) is 2.79. The van der Waals surface area contributed by atoms with Crippen LogP contribution >= 0.6 is 23.2 Å². The predicted molar refractivity (Wildman–Crippen MR) is 80.3 cm³/mol. The first-order valence-electron chi connectivity index (χ1n) is 6.89. The summed E-state index contributed by atoms with van der Waals surface area (Å²) < 4.78 is 12.0. The van der Waals surface area contributed by atoms with Crippen LogP contribution in [0, 0.1) is 0 Å². The molecule has 0 amide bonds. The summed E-state index contributed by atoms with van der Waals surface area (Å²) in [4.78, 5) is 19.8. The Hall–Kier alpha value is -1.44. The monoisotopic (exact) mass is 344 g/mol. The van der Waals surface area contributed by atoms with Gasteiger partial charge in [-0.15, -0.1) is 0 Å². The zero-order valence-electron chi connectivity index (χ0n) is 11.9. The highest BCUT2D eigenvalue weighted by Gasteiger charge is 2.23. The summed E-state index contributed by atoms with van der Waals surface area (Å²) >= 11 is 11.9. The first kappa shape index (κ1) is 15.5. The fourth-order valence-electron chi connectivity index (χ4n) is 2.25. The third-order valence-electron chi connectivity index (χ3n) is 3.60. The van der Waals surface area contributed by atoms with Crippen molar-refractivity contribution in [1.29, 1.82) is 0 Å². The number of rotatable bonds is 5. The summed E-state index contributed by atoms with van der Waals surface area (Å²) in [6.07, 6.45) is 3.71. The molecule has 1 fully saturated rings. The molecule has 22 heavy (non-hydrogen) atoms. The first-order chi connectivity index (χ1) is 10.6. The lowest BCUT2D eigenvalue weighted by atomic mass is 9.96. The number of hydrogen-bond acceptors (Lipinski definition) is 6. The molecule has 7 nitrogen and oxygen atoms in total. The van der Waals surface area contributed by atoms with Gasteiger partial charge >= 0.3 is 5.97 Å². The van der Waals surface area contributed by atoms with Crippen LogP contribution in [0.3, 0.4) is 0 Å². The van der Waals surface area contributed by atoms with Crippen molar-refractivity contribution in [1.82, 2.24) is 19.7 Å². The Bertz CT molecular complexity index is 715. The van der Waals surface area contributed by atoms with Crippen LogP contribution in [0.2, 0.25) is 10.4 Å². The molecule has 0 unspecified atom stereocenters. The van der Waals surface area contributed by atoms with E-state index in [4.69, 9.17) is 32.7 Å². The quantitative estimate of drug-likeness (QED) is 0.471. The Morgan fingerprint density at radius 3 is 2.77 bits per heavy atom. The Balaban J connectivity index is 1.92. The average molecular weight is 345 g/mol. The van der Waals surface area contributed by atoms with Gasteiger partial charge in [0.25, 0.3) is 0 Å². The summed E-state index contributed by atoms with van der Waals surface area (Å²) in [5.41, 5.74) is 0.788. The second-order valence-electron chi connectivity index (χ2n) is 4.97. The Morgan fingerprint density at radius 2 is 2.14 bits per heavy atom. The van der Waals surface area contributed by atoms with Crippen LogP contribution in [0.15, 0.2) is 0 Å². The second kappa shape index (κ2) is 6.36. The molecule has 0 bridgehead atoms. The number of fused-ring (bicyclic) bond motifs is 1. The minimum atomic E-state index is -0.602. The van der Waals surface area contributed by atoms with E-state index in [1.54, 1.807) is 4.68 Å². The molecule has 118 valence electrons. The molecule has 0 spiro atoms. The number of ether oxygens (including phenoxy) is 2. The van der Waals surface area contributed by atoms with E-state index in [0.29, 0.717) is 24.8 Å². The lowest BCUT2D eigenvalue weighted by Crippen LogP contribution is -2.23. The highest BCUT2D eigenvalue weighted by Crippen LogP contribution is 2.26. The third-order valence-corrected chi connectivity index (χ3v) is 4.04. The van der Waals surface area contributed by atoms with Crippen molar-refractivity contribution in [3.63, 3.8) is 0 Å². The van der Waals surface area contributed by atoms with E-state index in [2.05, 4.69) is 15.1 Å². The summed E-state index contributed by atoms with van der Waals surface area (Å²) in [5, 5.41) is 4.31. The third kappa shape index (κ3) is 2.88. The largest absolute Gasteiger partial charge is 0.464 e. The second-order valence-corrected chi connectivity index (χ2v) is 5.66. The molecule has 3 rings (SSSR count). The van der Waals surface area contributed by atoms with Gasteiger partial charge in [0, 0.05) is 0 Å².